The van der Waals surface area contributed by atoms with E-state index < -0.39 is 11.2 Å². The topological polar surface area (TPSA) is 94.5 Å². The van der Waals surface area contributed by atoms with Crippen LogP contribution in [0.15, 0.2) is 28.7 Å². The van der Waals surface area contributed by atoms with E-state index in [9.17, 15) is 4.21 Å². The Balaban J connectivity index is 1.75. The lowest BCUT2D eigenvalue weighted by Gasteiger charge is -2.18. The van der Waals surface area contributed by atoms with Gasteiger partial charge in [-0.25, -0.2) is 4.21 Å². The number of hydrogen-bond donors (Lipinski definition) is 2. The van der Waals surface area contributed by atoms with E-state index in [2.05, 4.69) is 14.2 Å². The minimum atomic E-state index is -1.53. The molecule has 0 saturated heterocycles. The normalized spacial score (nSPS) is 16.6. The lowest BCUT2D eigenvalue weighted by atomic mass is 10.1. The van der Waals surface area contributed by atoms with Crippen molar-refractivity contribution in [2.24, 2.45) is 10.1 Å². The predicted molar refractivity (Wildman–Crippen MR) is 86.1 cm³/mol. The fourth-order valence-corrected chi connectivity index (χ4v) is 3.07. The highest BCUT2D eigenvalue weighted by molar-refractivity contribution is 7.85. The third-order valence-electron chi connectivity index (χ3n) is 3.32. The molecule has 0 aliphatic carbocycles. The third kappa shape index (κ3) is 2.82. The summed E-state index contributed by atoms with van der Waals surface area (Å²) in [5, 5.41) is 4.39. The van der Waals surface area contributed by atoms with Crippen LogP contribution in [0.25, 0.3) is 0 Å². The molecule has 0 spiro atoms. The van der Waals surface area contributed by atoms with E-state index in [0.29, 0.717) is 30.2 Å². The summed E-state index contributed by atoms with van der Waals surface area (Å²) in [7, 11) is 0. The Labute approximate surface area is 130 Å². The fraction of sp³-hybridized carbons (Fsp3) is 0.286. The molecule has 0 amide bonds. The maximum Gasteiger partial charge on any atom is 0.245 e. The average molecular weight is 319 g/mol. The smallest absolute Gasteiger partial charge is 0.245 e. The van der Waals surface area contributed by atoms with Gasteiger partial charge in [0, 0.05) is 5.69 Å². The molecule has 0 radical (unpaired) electrons. The van der Waals surface area contributed by atoms with Gasteiger partial charge in [-0.1, -0.05) is 6.07 Å². The fourth-order valence-electron chi connectivity index (χ4n) is 2.40. The van der Waals surface area contributed by atoms with Crippen LogP contribution in [-0.4, -0.2) is 26.4 Å². The zero-order valence-corrected chi connectivity index (χ0v) is 13.2. The monoisotopic (exact) mass is 319 g/mol. The molecule has 22 heavy (non-hydrogen) atoms. The van der Waals surface area contributed by atoms with Crippen molar-refractivity contribution >= 4 is 22.7 Å². The average Bonchev–Trinajstić information content (AvgIpc) is 2.76. The van der Waals surface area contributed by atoms with Crippen molar-refractivity contribution < 1.29 is 8.95 Å². The first kappa shape index (κ1) is 14.6. The van der Waals surface area contributed by atoms with Crippen molar-refractivity contribution in [1.29, 1.82) is 0 Å². The Hall–Kier alpha value is -2.35. The number of benzene rings is 1. The number of ether oxygens (including phenoxy) is 1. The van der Waals surface area contributed by atoms with Crippen molar-refractivity contribution in [3.8, 4) is 5.75 Å². The number of nitrogens with two attached hydrogens (primary N) is 1. The summed E-state index contributed by atoms with van der Waals surface area (Å²) in [6, 6.07) is 7.45. The first-order chi connectivity index (χ1) is 10.5. The van der Waals surface area contributed by atoms with Gasteiger partial charge < -0.3 is 10.5 Å². The minimum absolute atomic E-state index is 0.216. The molecule has 7 nitrogen and oxygen atoms in total. The molecule has 1 unspecified atom stereocenters. The third-order valence-corrected chi connectivity index (χ3v) is 4.08. The molecule has 1 aliphatic rings. The van der Waals surface area contributed by atoms with Crippen LogP contribution in [0.2, 0.25) is 0 Å². The zero-order chi connectivity index (χ0) is 15.7. The quantitative estimate of drug-likeness (QED) is 0.888. The van der Waals surface area contributed by atoms with E-state index in [1.54, 1.807) is 6.07 Å². The molecule has 0 saturated carbocycles. The van der Waals surface area contributed by atoms with Gasteiger partial charge in [0.1, 0.15) is 18.2 Å². The van der Waals surface area contributed by atoms with Crippen LogP contribution in [0.3, 0.4) is 0 Å². The Morgan fingerprint density at radius 2 is 2.23 bits per heavy atom. The Kier molecular flexibility index (Phi) is 3.84. The first-order valence-electron chi connectivity index (χ1n) is 6.84. The number of rotatable bonds is 4. The zero-order valence-electron chi connectivity index (χ0n) is 12.4. The van der Waals surface area contributed by atoms with Crippen LogP contribution < -0.4 is 15.2 Å². The lowest BCUT2D eigenvalue weighted by Crippen LogP contribution is -2.24. The maximum absolute atomic E-state index is 11.5. The summed E-state index contributed by atoms with van der Waals surface area (Å²) in [5.41, 5.74) is 9.25. The van der Waals surface area contributed by atoms with Gasteiger partial charge in [-0.2, -0.15) is 9.50 Å². The van der Waals surface area contributed by atoms with Crippen LogP contribution in [-0.2, 0) is 17.7 Å². The van der Waals surface area contributed by atoms with Crippen molar-refractivity contribution in [2.45, 2.75) is 20.4 Å². The number of amidine groups is 1. The van der Waals surface area contributed by atoms with Crippen LogP contribution in [0.4, 0.5) is 5.69 Å². The second kappa shape index (κ2) is 5.80. The molecular weight excluding hydrogens is 302 g/mol. The second-order valence-corrected chi connectivity index (χ2v) is 5.89. The van der Waals surface area contributed by atoms with Gasteiger partial charge in [-0.15, -0.1) is 0 Å². The van der Waals surface area contributed by atoms with Crippen molar-refractivity contribution in [2.75, 3.05) is 11.3 Å². The van der Waals surface area contributed by atoms with Gasteiger partial charge in [-0.3, -0.25) is 9.40 Å². The first-order valence-corrected chi connectivity index (χ1v) is 7.95. The molecule has 2 aromatic rings. The number of anilines is 1. The summed E-state index contributed by atoms with van der Waals surface area (Å²) >= 11 is -1.53. The standard InChI is InChI=1S/C14H17N5O2S/c1-9-8-10(2)19(16-9)6-7-21-12-5-3-4-11-13(12)14(15)18-22(20)17-11/h3-5,8,17H,6-7H2,1-2H3,(H2,15,18). The molecule has 3 rings (SSSR count). The molecule has 0 fully saturated rings. The highest BCUT2D eigenvalue weighted by Crippen LogP contribution is 2.29. The molecule has 1 aromatic heterocycles. The van der Waals surface area contributed by atoms with Crippen molar-refractivity contribution in [3.63, 3.8) is 0 Å². The van der Waals surface area contributed by atoms with E-state index in [4.69, 9.17) is 10.5 Å². The van der Waals surface area contributed by atoms with E-state index in [0.717, 1.165) is 11.4 Å². The van der Waals surface area contributed by atoms with E-state index >= 15 is 0 Å². The Morgan fingerprint density at radius 3 is 2.95 bits per heavy atom. The lowest BCUT2D eigenvalue weighted by molar-refractivity contribution is 0.289. The summed E-state index contributed by atoms with van der Waals surface area (Å²) in [6.07, 6.45) is 0. The Bertz CT molecular complexity index is 769. The maximum atomic E-state index is 11.5. The second-order valence-electron chi connectivity index (χ2n) is 5.01. The largest absolute Gasteiger partial charge is 0.491 e. The number of nitrogens with zero attached hydrogens (tertiary/aromatic N) is 3. The van der Waals surface area contributed by atoms with E-state index in [-0.39, 0.29) is 5.84 Å². The number of aromatic nitrogens is 2. The van der Waals surface area contributed by atoms with Gasteiger partial charge in [0.05, 0.1) is 23.5 Å². The Morgan fingerprint density at radius 1 is 1.41 bits per heavy atom. The van der Waals surface area contributed by atoms with Crippen LogP contribution in [0.5, 0.6) is 5.75 Å². The highest BCUT2D eigenvalue weighted by atomic mass is 32.2. The number of aryl methyl sites for hydroxylation is 2. The summed E-state index contributed by atoms with van der Waals surface area (Å²) in [4.78, 5) is 0. The SMILES string of the molecule is Cc1cc(C)n(CCOc2cccc3c2C(N)=NS(=O)N3)n1. The summed E-state index contributed by atoms with van der Waals surface area (Å²) < 4.78 is 25.8. The summed E-state index contributed by atoms with van der Waals surface area (Å²) in [6.45, 7) is 5.06. The van der Waals surface area contributed by atoms with Crippen molar-refractivity contribution in [3.05, 3.63) is 41.2 Å². The molecule has 116 valence electrons. The number of nitrogens with one attached hydrogen (secondary N) is 1. The van der Waals surface area contributed by atoms with Crippen LogP contribution in [0, 0.1) is 13.8 Å². The predicted octanol–water partition coefficient (Wildman–Crippen LogP) is 1.29. The molecule has 1 atom stereocenters. The number of hydrogen-bond acceptors (Lipinski definition) is 4. The molecule has 0 bridgehead atoms. The minimum Gasteiger partial charge on any atom is -0.491 e. The molecule has 2 heterocycles. The van der Waals surface area contributed by atoms with Crippen LogP contribution in [0.1, 0.15) is 17.0 Å². The molecule has 1 aromatic carbocycles. The van der Waals surface area contributed by atoms with Gasteiger partial charge in [0.25, 0.3) is 0 Å². The summed E-state index contributed by atoms with van der Waals surface area (Å²) in [5.74, 6) is 0.832. The van der Waals surface area contributed by atoms with Gasteiger partial charge >= 0.3 is 0 Å². The van der Waals surface area contributed by atoms with Crippen LogP contribution >= 0.6 is 0 Å². The molecule has 1 aliphatic heterocycles. The van der Waals surface area contributed by atoms with Crippen molar-refractivity contribution in [1.82, 2.24) is 9.78 Å². The van der Waals surface area contributed by atoms with E-state index in [1.165, 1.54) is 0 Å². The molecule has 8 heteroatoms. The van der Waals surface area contributed by atoms with Gasteiger partial charge in [0.15, 0.2) is 0 Å². The highest BCUT2D eigenvalue weighted by Gasteiger charge is 2.20. The molecule has 3 N–H and O–H groups in total. The number of fused-ring (bicyclic) bond motifs is 1. The van der Waals surface area contributed by atoms with Gasteiger partial charge in [-0.05, 0) is 32.0 Å². The van der Waals surface area contributed by atoms with E-state index in [1.807, 2.05) is 36.7 Å². The molecular formula is C14H17N5O2S. The van der Waals surface area contributed by atoms with Gasteiger partial charge in [0.2, 0.25) is 11.2 Å².